The van der Waals surface area contributed by atoms with Gasteiger partial charge >= 0.3 is 6.18 Å². The molecule has 0 radical (unpaired) electrons. The van der Waals surface area contributed by atoms with Crippen LogP contribution < -0.4 is 9.80 Å². The number of azide groups is 1. The highest BCUT2D eigenvalue weighted by Crippen LogP contribution is 2.38. The lowest BCUT2D eigenvalue weighted by Gasteiger charge is -2.31. The maximum absolute atomic E-state index is 13.6. The van der Waals surface area contributed by atoms with E-state index in [-0.39, 0.29) is 12.2 Å². The zero-order valence-corrected chi connectivity index (χ0v) is 17.9. The van der Waals surface area contributed by atoms with Gasteiger partial charge in [0.25, 0.3) is 0 Å². The van der Waals surface area contributed by atoms with E-state index in [1.807, 2.05) is 13.0 Å². The highest BCUT2D eigenvalue weighted by Gasteiger charge is 2.48. The molecular weight excluding hydrogens is 439 g/mol. The number of nitrogens with zero attached hydrogens (tertiary/aromatic N) is 7. The van der Waals surface area contributed by atoms with Crippen molar-refractivity contribution in [3.05, 3.63) is 63.2 Å². The highest BCUT2D eigenvalue weighted by molar-refractivity contribution is 6.00. The smallest absolute Gasteiger partial charge is 0.391 e. The summed E-state index contributed by atoms with van der Waals surface area (Å²) in [7, 11) is 1.46. The normalized spacial score (nSPS) is 20.2. The molecule has 1 aromatic heterocycles. The van der Waals surface area contributed by atoms with Gasteiger partial charge in [-0.2, -0.15) is 18.4 Å². The second-order valence-electron chi connectivity index (χ2n) is 7.72. The van der Waals surface area contributed by atoms with Crippen molar-refractivity contribution in [2.45, 2.75) is 38.2 Å². The summed E-state index contributed by atoms with van der Waals surface area (Å²) in [5, 5.41) is 23.6. The van der Waals surface area contributed by atoms with Gasteiger partial charge in [-0.1, -0.05) is 17.2 Å². The van der Waals surface area contributed by atoms with E-state index in [1.165, 1.54) is 24.9 Å². The van der Waals surface area contributed by atoms with Crippen LogP contribution in [0.25, 0.3) is 10.4 Å². The van der Waals surface area contributed by atoms with Crippen LogP contribution in [0.2, 0.25) is 0 Å². The number of benzene rings is 1. The topological polar surface area (TPSA) is 129 Å². The third-order valence-electron chi connectivity index (χ3n) is 5.41. The first-order valence-electron chi connectivity index (χ1n) is 9.81. The number of anilines is 2. The lowest BCUT2D eigenvalue weighted by Crippen LogP contribution is -2.49. The van der Waals surface area contributed by atoms with Crippen LogP contribution in [-0.2, 0) is 11.0 Å². The molecule has 1 fully saturated rings. The summed E-state index contributed by atoms with van der Waals surface area (Å²) in [5.41, 5.74) is 8.32. The van der Waals surface area contributed by atoms with Crippen molar-refractivity contribution >= 4 is 17.4 Å². The number of halogens is 3. The number of amides is 1. The van der Waals surface area contributed by atoms with E-state index in [4.69, 9.17) is 5.53 Å². The number of aryl methyl sites for hydroxylation is 2. The lowest BCUT2D eigenvalue weighted by molar-refractivity contribution is -0.137. The maximum Gasteiger partial charge on any atom is 0.417 e. The molecule has 1 aliphatic heterocycles. The first kappa shape index (κ1) is 23.8. The van der Waals surface area contributed by atoms with Gasteiger partial charge in [-0.3, -0.25) is 4.79 Å². The summed E-state index contributed by atoms with van der Waals surface area (Å²) in [6.07, 6.45) is -6.21. The molecular formula is C21H20F3N7O2. The zero-order chi connectivity index (χ0) is 24.5. The van der Waals surface area contributed by atoms with Crippen LogP contribution in [0, 0.1) is 25.2 Å². The van der Waals surface area contributed by atoms with E-state index in [0.717, 1.165) is 16.5 Å². The van der Waals surface area contributed by atoms with E-state index in [1.54, 1.807) is 18.2 Å². The summed E-state index contributed by atoms with van der Waals surface area (Å²) in [6.45, 7) is 2.79. The molecule has 2 heterocycles. The Bertz CT molecular complexity index is 1170. The van der Waals surface area contributed by atoms with Crippen molar-refractivity contribution in [1.29, 1.82) is 5.26 Å². The number of hydrogen-bond donors (Lipinski definition) is 1. The first-order chi connectivity index (χ1) is 15.5. The van der Waals surface area contributed by atoms with Crippen LogP contribution in [-0.4, -0.2) is 47.8 Å². The fourth-order valence-electron chi connectivity index (χ4n) is 3.88. The maximum atomic E-state index is 13.6. The average molecular weight is 459 g/mol. The van der Waals surface area contributed by atoms with Gasteiger partial charge in [-0.15, -0.1) is 0 Å². The van der Waals surface area contributed by atoms with Gasteiger partial charge in [0.1, 0.15) is 23.5 Å². The minimum atomic E-state index is -4.84. The van der Waals surface area contributed by atoms with Crippen molar-refractivity contribution in [2.24, 2.45) is 5.11 Å². The van der Waals surface area contributed by atoms with Crippen molar-refractivity contribution in [3.8, 4) is 6.07 Å². The third-order valence-corrected chi connectivity index (χ3v) is 5.41. The van der Waals surface area contributed by atoms with E-state index in [2.05, 4.69) is 15.0 Å². The molecule has 33 heavy (non-hydrogen) atoms. The Morgan fingerprint density at radius 1 is 1.39 bits per heavy atom. The quantitative estimate of drug-likeness (QED) is 0.425. The molecule has 12 heteroatoms. The Labute approximate surface area is 187 Å². The molecule has 0 spiro atoms. The molecule has 1 N–H and O–H groups in total. The molecule has 172 valence electrons. The van der Waals surface area contributed by atoms with Crippen LogP contribution >= 0.6 is 0 Å². The van der Waals surface area contributed by atoms with E-state index < -0.39 is 47.2 Å². The number of nitriles is 1. The van der Waals surface area contributed by atoms with Crippen molar-refractivity contribution < 1.29 is 23.1 Å². The predicted molar refractivity (Wildman–Crippen MR) is 113 cm³/mol. The standard InChI is InChI=1S/C21H20F3N7O2/c1-11-5-4-6-13(7-11)30(3)20(33)18-17(28-29-26)16(32)10-31(18)19-14(9-25)15(21(22,23)24)8-12(2)27-19/h4-8,16-18,32H,10H2,1-3H3/t16-,17+,18-/m0/s1. The Kier molecular flexibility index (Phi) is 6.48. The number of carbonyl (C=O) groups is 1. The molecule has 9 nitrogen and oxygen atoms in total. The average Bonchev–Trinajstić information content (AvgIpc) is 3.07. The zero-order valence-electron chi connectivity index (χ0n) is 17.9. The fraction of sp³-hybridized carbons (Fsp3) is 0.381. The summed E-state index contributed by atoms with van der Waals surface area (Å²) in [5.74, 6) is -1.05. The lowest BCUT2D eigenvalue weighted by atomic mass is 10.0. The molecule has 1 aliphatic rings. The van der Waals surface area contributed by atoms with Crippen LogP contribution in [0.15, 0.2) is 35.4 Å². The summed E-state index contributed by atoms with van der Waals surface area (Å²) in [6, 6.07) is 6.52. The number of alkyl halides is 3. The number of aromatic nitrogens is 1. The SMILES string of the molecule is Cc1cccc(N(C)C(=O)[C@@H]2[C@H](N=[N+]=[N-])[C@@H](O)CN2c2nc(C)cc(C(F)(F)F)c2C#N)c1. The van der Waals surface area contributed by atoms with Crippen LogP contribution in [0.3, 0.4) is 0 Å². The third kappa shape index (κ3) is 4.55. The van der Waals surface area contributed by atoms with Crippen molar-refractivity contribution in [1.82, 2.24) is 4.98 Å². The van der Waals surface area contributed by atoms with Gasteiger partial charge < -0.3 is 14.9 Å². The Morgan fingerprint density at radius 3 is 2.67 bits per heavy atom. The number of aliphatic hydroxyl groups excluding tert-OH is 1. The summed E-state index contributed by atoms with van der Waals surface area (Å²) in [4.78, 5) is 22.7. The second kappa shape index (κ2) is 8.97. The van der Waals surface area contributed by atoms with Crippen molar-refractivity contribution in [2.75, 3.05) is 23.4 Å². The molecule has 1 amide bonds. The first-order valence-corrected chi connectivity index (χ1v) is 9.81. The van der Waals surface area contributed by atoms with Crippen LogP contribution in [0.4, 0.5) is 24.7 Å². The minimum absolute atomic E-state index is 0.0312. The summed E-state index contributed by atoms with van der Waals surface area (Å²) >= 11 is 0. The fourth-order valence-corrected chi connectivity index (χ4v) is 3.88. The molecule has 0 saturated carbocycles. The van der Waals surface area contributed by atoms with Gasteiger partial charge in [-0.05, 0) is 43.1 Å². The number of pyridine rings is 1. The van der Waals surface area contributed by atoms with E-state index in [0.29, 0.717) is 5.69 Å². The molecule has 0 aliphatic carbocycles. The van der Waals surface area contributed by atoms with Crippen molar-refractivity contribution in [3.63, 3.8) is 0 Å². The number of carbonyl (C=O) groups excluding carboxylic acids is 1. The molecule has 3 atom stereocenters. The molecule has 1 saturated heterocycles. The summed E-state index contributed by atoms with van der Waals surface area (Å²) < 4.78 is 40.8. The van der Waals surface area contributed by atoms with Gasteiger partial charge in [-0.25, -0.2) is 4.98 Å². The largest absolute Gasteiger partial charge is 0.417 e. The number of β-amino-alcohol motifs (C(OH)–C–C–N with tert-alkyl or cyclic N) is 1. The number of likely N-dealkylation sites (N-methyl/N-ethyl adjacent to an activating group) is 1. The number of hydrogen-bond acceptors (Lipinski definition) is 6. The molecule has 2 aromatic rings. The highest BCUT2D eigenvalue weighted by atomic mass is 19.4. The molecule has 0 bridgehead atoms. The van der Waals surface area contributed by atoms with Crippen LogP contribution in [0.1, 0.15) is 22.4 Å². The van der Waals surface area contributed by atoms with Crippen LogP contribution in [0.5, 0.6) is 0 Å². The van der Waals surface area contributed by atoms with Gasteiger partial charge in [0.05, 0.1) is 17.7 Å². The number of aliphatic hydroxyl groups is 1. The van der Waals surface area contributed by atoms with Gasteiger partial charge in [0, 0.05) is 29.9 Å². The molecule has 0 unspecified atom stereocenters. The number of rotatable bonds is 4. The van der Waals surface area contributed by atoms with Gasteiger partial charge in [0.15, 0.2) is 0 Å². The Hall–Kier alpha value is -3.81. The van der Waals surface area contributed by atoms with Gasteiger partial charge in [0.2, 0.25) is 5.91 Å². The predicted octanol–water partition coefficient (Wildman–Crippen LogP) is 3.48. The Balaban J connectivity index is 2.17. The minimum Gasteiger partial charge on any atom is -0.391 e. The second-order valence-corrected chi connectivity index (χ2v) is 7.72. The van der Waals surface area contributed by atoms with E-state index in [9.17, 15) is 28.3 Å². The molecule has 1 aromatic carbocycles. The molecule has 3 rings (SSSR count). The monoisotopic (exact) mass is 459 g/mol. The van der Waals surface area contributed by atoms with E-state index >= 15 is 0 Å². The Morgan fingerprint density at radius 2 is 2.09 bits per heavy atom.